The second-order valence-electron chi connectivity index (χ2n) is 3.70. The van der Waals surface area contributed by atoms with Crippen LogP contribution in [-0.4, -0.2) is 22.7 Å². The average Bonchev–Trinajstić information content (AvgIpc) is 2.75. The number of nitrogens with one attached hydrogen (secondary N) is 1. The van der Waals surface area contributed by atoms with Crippen LogP contribution in [0.3, 0.4) is 0 Å². The fourth-order valence-corrected chi connectivity index (χ4v) is 1.60. The second-order valence-corrected chi connectivity index (χ2v) is 3.70. The highest BCUT2D eigenvalue weighted by molar-refractivity contribution is 5.98. The van der Waals surface area contributed by atoms with Crippen LogP contribution in [0.25, 0.3) is 5.69 Å². The van der Waals surface area contributed by atoms with Crippen molar-refractivity contribution in [2.45, 2.75) is 6.92 Å². The van der Waals surface area contributed by atoms with Crippen molar-refractivity contribution < 1.29 is 4.74 Å². The van der Waals surface area contributed by atoms with Crippen LogP contribution in [0, 0.1) is 12.3 Å². The van der Waals surface area contributed by atoms with E-state index in [0.717, 1.165) is 11.4 Å². The van der Waals surface area contributed by atoms with Gasteiger partial charge in [0.05, 0.1) is 18.5 Å². The lowest BCUT2D eigenvalue weighted by Gasteiger charge is -2.10. The van der Waals surface area contributed by atoms with Gasteiger partial charge in [0, 0.05) is 17.8 Å². The van der Waals surface area contributed by atoms with Crippen LogP contribution in [0.1, 0.15) is 11.3 Å². The summed E-state index contributed by atoms with van der Waals surface area (Å²) in [4.78, 5) is 0. The highest BCUT2D eigenvalue weighted by atomic mass is 16.5. The molecule has 0 aliphatic rings. The van der Waals surface area contributed by atoms with Crippen LogP contribution in [0.4, 0.5) is 0 Å². The molecule has 5 heteroatoms. The van der Waals surface area contributed by atoms with Crippen LogP contribution in [0.15, 0.2) is 30.5 Å². The number of amidine groups is 1. The molecule has 0 aliphatic carbocycles. The summed E-state index contributed by atoms with van der Waals surface area (Å²) in [5, 5.41) is 11.9. The Morgan fingerprint density at radius 2 is 2.18 bits per heavy atom. The number of ether oxygens (including phenoxy) is 1. The van der Waals surface area contributed by atoms with Crippen LogP contribution in [0.5, 0.6) is 5.75 Å². The molecule has 3 N–H and O–H groups in total. The summed E-state index contributed by atoms with van der Waals surface area (Å²) < 4.78 is 6.85. The first kappa shape index (κ1) is 11.2. The Kier molecular flexibility index (Phi) is 2.82. The lowest BCUT2D eigenvalue weighted by molar-refractivity contribution is 0.414. The number of benzene rings is 1. The lowest BCUT2D eigenvalue weighted by atomic mass is 10.1. The molecule has 88 valence electrons. The molecule has 2 aromatic rings. The number of rotatable bonds is 3. The third kappa shape index (κ3) is 2.13. The highest BCUT2D eigenvalue weighted by Crippen LogP contribution is 2.20. The van der Waals surface area contributed by atoms with E-state index in [9.17, 15) is 0 Å². The third-order valence-electron chi connectivity index (χ3n) is 2.46. The van der Waals surface area contributed by atoms with Gasteiger partial charge < -0.3 is 10.5 Å². The predicted molar refractivity (Wildman–Crippen MR) is 65.9 cm³/mol. The Labute approximate surface area is 99.3 Å². The van der Waals surface area contributed by atoms with Gasteiger partial charge in [-0.2, -0.15) is 5.10 Å². The van der Waals surface area contributed by atoms with Gasteiger partial charge in [0.25, 0.3) is 0 Å². The van der Waals surface area contributed by atoms with E-state index >= 15 is 0 Å². The number of aromatic nitrogens is 2. The SMILES string of the molecule is COc1ccc(C(=N)N)c(-n2ccc(C)n2)c1. The van der Waals surface area contributed by atoms with Gasteiger partial charge in [-0.3, -0.25) is 5.41 Å². The first-order chi connectivity index (χ1) is 8.11. The number of nitrogen functional groups attached to an aromatic ring is 1. The summed E-state index contributed by atoms with van der Waals surface area (Å²) in [5.74, 6) is 0.717. The van der Waals surface area contributed by atoms with E-state index in [-0.39, 0.29) is 5.84 Å². The third-order valence-corrected chi connectivity index (χ3v) is 2.46. The maximum Gasteiger partial charge on any atom is 0.124 e. The smallest absolute Gasteiger partial charge is 0.124 e. The second kappa shape index (κ2) is 4.29. The molecule has 5 nitrogen and oxygen atoms in total. The number of nitrogens with zero attached hydrogens (tertiary/aromatic N) is 2. The van der Waals surface area contributed by atoms with Gasteiger partial charge in [-0.25, -0.2) is 4.68 Å². The van der Waals surface area contributed by atoms with Crippen molar-refractivity contribution in [3.63, 3.8) is 0 Å². The summed E-state index contributed by atoms with van der Waals surface area (Å²) in [5.41, 5.74) is 7.83. The molecule has 0 radical (unpaired) electrons. The fourth-order valence-electron chi connectivity index (χ4n) is 1.60. The first-order valence-corrected chi connectivity index (χ1v) is 5.17. The van der Waals surface area contributed by atoms with E-state index in [2.05, 4.69) is 5.10 Å². The van der Waals surface area contributed by atoms with Crippen molar-refractivity contribution >= 4 is 5.84 Å². The largest absolute Gasteiger partial charge is 0.497 e. The molecule has 17 heavy (non-hydrogen) atoms. The molecule has 2 rings (SSSR count). The first-order valence-electron chi connectivity index (χ1n) is 5.17. The lowest BCUT2D eigenvalue weighted by Crippen LogP contribution is -2.15. The van der Waals surface area contributed by atoms with Gasteiger partial charge in [0.15, 0.2) is 0 Å². The van der Waals surface area contributed by atoms with Gasteiger partial charge >= 0.3 is 0 Å². The Morgan fingerprint density at radius 3 is 2.71 bits per heavy atom. The number of hydrogen-bond acceptors (Lipinski definition) is 3. The van der Waals surface area contributed by atoms with Crippen LogP contribution < -0.4 is 10.5 Å². The number of methoxy groups -OCH3 is 1. The zero-order valence-corrected chi connectivity index (χ0v) is 9.77. The van der Waals surface area contributed by atoms with Crippen molar-refractivity contribution in [2.24, 2.45) is 5.73 Å². The monoisotopic (exact) mass is 230 g/mol. The minimum Gasteiger partial charge on any atom is -0.497 e. The molecular formula is C12H14N4O. The van der Waals surface area contributed by atoms with E-state index in [1.54, 1.807) is 23.9 Å². The maximum atomic E-state index is 7.56. The van der Waals surface area contributed by atoms with Crippen LogP contribution in [0.2, 0.25) is 0 Å². The van der Waals surface area contributed by atoms with Gasteiger partial charge in [-0.15, -0.1) is 0 Å². The normalized spacial score (nSPS) is 10.2. The fraction of sp³-hybridized carbons (Fsp3) is 0.167. The Hall–Kier alpha value is -2.30. The molecule has 1 aromatic heterocycles. The molecule has 0 amide bonds. The topological polar surface area (TPSA) is 76.9 Å². The van der Waals surface area contributed by atoms with Crippen molar-refractivity contribution in [3.05, 3.63) is 41.7 Å². The standard InChI is InChI=1S/C12H14N4O/c1-8-5-6-16(15-8)11-7-9(17-2)3-4-10(11)12(13)14/h3-7H,1-2H3,(H3,13,14). The van der Waals surface area contributed by atoms with Crippen molar-refractivity contribution in [1.82, 2.24) is 9.78 Å². The Bertz CT molecular complexity index is 559. The summed E-state index contributed by atoms with van der Waals surface area (Å²) in [6.45, 7) is 1.91. The van der Waals surface area contributed by atoms with E-state index in [4.69, 9.17) is 15.9 Å². The molecule has 0 aliphatic heterocycles. The average molecular weight is 230 g/mol. The minimum atomic E-state index is 0.0100. The van der Waals surface area contributed by atoms with E-state index in [0.29, 0.717) is 11.3 Å². The Morgan fingerprint density at radius 1 is 1.41 bits per heavy atom. The maximum absolute atomic E-state index is 7.56. The van der Waals surface area contributed by atoms with Crippen molar-refractivity contribution in [2.75, 3.05) is 7.11 Å². The van der Waals surface area contributed by atoms with Gasteiger partial charge in [-0.05, 0) is 25.1 Å². The summed E-state index contributed by atoms with van der Waals surface area (Å²) in [6.07, 6.45) is 1.83. The zero-order chi connectivity index (χ0) is 12.4. The zero-order valence-electron chi connectivity index (χ0n) is 9.77. The minimum absolute atomic E-state index is 0.0100. The molecule has 0 spiro atoms. The van der Waals surface area contributed by atoms with Gasteiger partial charge in [0.1, 0.15) is 11.6 Å². The van der Waals surface area contributed by atoms with Crippen molar-refractivity contribution in [3.8, 4) is 11.4 Å². The van der Waals surface area contributed by atoms with Crippen LogP contribution >= 0.6 is 0 Å². The molecule has 0 fully saturated rings. The predicted octanol–water partition coefficient (Wildman–Crippen LogP) is 1.47. The Balaban J connectivity index is 2.60. The molecule has 0 unspecified atom stereocenters. The molecule has 0 atom stereocenters. The van der Waals surface area contributed by atoms with E-state index in [1.165, 1.54) is 0 Å². The van der Waals surface area contributed by atoms with Gasteiger partial charge in [0.2, 0.25) is 0 Å². The summed E-state index contributed by atoms with van der Waals surface area (Å²) in [7, 11) is 1.60. The molecule has 0 saturated heterocycles. The highest BCUT2D eigenvalue weighted by Gasteiger charge is 2.09. The molecule has 0 bridgehead atoms. The number of hydrogen-bond donors (Lipinski definition) is 2. The quantitative estimate of drug-likeness (QED) is 0.619. The molecule has 1 aromatic carbocycles. The number of aryl methyl sites for hydroxylation is 1. The number of nitrogens with two attached hydrogens (primary N) is 1. The molecular weight excluding hydrogens is 216 g/mol. The van der Waals surface area contributed by atoms with Gasteiger partial charge in [-0.1, -0.05) is 0 Å². The van der Waals surface area contributed by atoms with Crippen LogP contribution in [-0.2, 0) is 0 Å². The van der Waals surface area contributed by atoms with Crippen molar-refractivity contribution in [1.29, 1.82) is 5.41 Å². The van der Waals surface area contributed by atoms with E-state index in [1.807, 2.05) is 25.3 Å². The molecule has 0 saturated carbocycles. The summed E-state index contributed by atoms with van der Waals surface area (Å²) in [6, 6.07) is 7.23. The van der Waals surface area contributed by atoms with E-state index < -0.39 is 0 Å². The summed E-state index contributed by atoms with van der Waals surface area (Å²) >= 11 is 0. The molecule has 1 heterocycles.